The lowest BCUT2D eigenvalue weighted by atomic mass is 10.2. The monoisotopic (exact) mass is 216 g/mol. The van der Waals surface area contributed by atoms with Crippen LogP contribution in [0.25, 0.3) is 0 Å². The van der Waals surface area contributed by atoms with Crippen molar-refractivity contribution >= 4 is 11.9 Å². The summed E-state index contributed by atoms with van der Waals surface area (Å²) in [6.07, 6.45) is 2.71. The van der Waals surface area contributed by atoms with E-state index >= 15 is 0 Å². The van der Waals surface area contributed by atoms with Gasteiger partial charge in [-0.15, -0.1) is 0 Å². The number of nitrogens with two attached hydrogens (primary N) is 1. The first-order chi connectivity index (χ1) is 7.06. The van der Waals surface area contributed by atoms with E-state index in [-0.39, 0.29) is 18.9 Å². The van der Waals surface area contributed by atoms with E-state index in [9.17, 15) is 9.59 Å². The quantitative estimate of drug-likeness (QED) is 0.548. The van der Waals surface area contributed by atoms with Gasteiger partial charge in [0.05, 0.1) is 6.54 Å². The van der Waals surface area contributed by atoms with E-state index in [1.807, 2.05) is 11.8 Å². The Kier molecular flexibility index (Phi) is 7.62. The van der Waals surface area contributed by atoms with Crippen molar-refractivity contribution in [2.24, 2.45) is 5.73 Å². The van der Waals surface area contributed by atoms with E-state index in [0.717, 1.165) is 25.9 Å². The molecule has 3 N–H and O–H groups in total. The second-order valence-corrected chi connectivity index (χ2v) is 3.54. The lowest BCUT2D eigenvalue weighted by Gasteiger charge is -2.17. The van der Waals surface area contributed by atoms with Crippen LogP contribution in [0.4, 0.5) is 0 Å². The molecule has 0 aromatic heterocycles. The zero-order valence-corrected chi connectivity index (χ0v) is 9.24. The highest BCUT2D eigenvalue weighted by atomic mass is 16.4. The summed E-state index contributed by atoms with van der Waals surface area (Å²) < 4.78 is 0. The second-order valence-electron chi connectivity index (χ2n) is 3.54. The zero-order chi connectivity index (χ0) is 11.7. The predicted molar refractivity (Wildman–Crippen MR) is 57.4 cm³/mol. The van der Waals surface area contributed by atoms with Crippen molar-refractivity contribution in [2.45, 2.75) is 32.6 Å². The van der Waals surface area contributed by atoms with Crippen LogP contribution >= 0.6 is 0 Å². The normalized spacial score (nSPS) is 10.5. The van der Waals surface area contributed by atoms with Crippen LogP contribution in [-0.2, 0) is 9.59 Å². The molecular weight excluding hydrogens is 196 g/mol. The fourth-order valence-corrected chi connectivity index (χ4v) is 1.36. The molecule has 0 aliphatic heterocycles. The molecule has 5 heteroatoms. The standard InChI is InChI=1S/C10H20N2O3/c1-2-12(8-9(11)13)7-5-3-4-6-10(14)15/h2-8H2,1H3,(H2,11,13)(H,14,15). The zero-order valence-electron chi connectivity index (χ0n) is 9.24. The summed E-state index contributed by atoms with van der Waals surface area (Å²) in [6.45, 7) is 3.86. The highest BCUT2D eigenvalue weighted by Crippen LogP contribution is 2.01. The second kappa shape index (κ2) is 8.23. The number of likely N-dealkylation sites (N-methyl/N-ethyl adjacent to an activating group) is 1. The van der Waals surface area contributed by atoms with E-state index in [2.05, 4.69) is 0 Å². The average Bonchev–Trinajstić information content (AvgIpc) is 2.14. The Morgan fingerprint density at radius 2 is 1.93 bits per heavy atom. The molecule has 0 aromatic carbocycles. The number of hydrogen-bond acceptors (Lipinski definition) is 3. The van der Waals surface area contributed by atoms with Crippen LogP contribution in [0.3, 0.4) is 0 Å². The molecule has 0 aliphatic carbocycles. The molecule has 1 amide bonds. The van der Waals surface area contributed by atoms with Crippen molar-refractivity contribution < 1.29 is 14.7 Å². The minimum atomic E-state index is -0.750. The van der Waals surface area contributed by atoms with Gasteiger partial charge in [0, 0.05) is 6.42 Å². The maximum atomic E-state index is 10.6. The minimum Gasteiger partial charge on any atom is -0.481 e. The first-order valence-corrected chi connectivity index (χ1v) is 5.28. The van der Waals surface area contributed by atoms with Gasteiger partial charge in [0.15, 0.2) is 0 Å². The van der Waals surface area contributed by atoms with Crippen LogP contribution < -0.4 is 5.73 Å². The largest absolute Gasteiger partial charge is 0.481 e. The summed E-state index contributed by atoms with van der Waals surface area (Å²) >= 11 is 0. The number of hydrogen-bond donors (Lipinski definition) is 2. The fraction of sp³-hybridized carbons (Fsp3) is 0.800. The lowest BCUT2D eigenvalue weighted by molar-refractivity contribution is -0.137. The van der Waals surface area contributed by atoms with E-state index in [1.165, 1.54) is 0 Å². The summed E-state index contributed by atoms with van der Waals surface area (Å²) in [7, 11) is 0. The van der Waals surface area contributed by atoms with E-state index < -0.39 is 5.97 Å². The third-order valence-electron chi connectivity index (χ3n) is 2.19. The van der Waals surface area contributed by atoms with Gasteiger partial charge in [-0.2, -0.15) is 0 Å². The molecular formula is C10H20N2O3. The Bertz CT molecular complexity index is 207. The van der Waals surface area contributed by atoms with E-state index in [0.29, 0.717) is 6.42 Å². The lowest BCUT2D eigenvalue weighted by Crippen LogP contribution is -2.34. The molecule has 0 aromatic rings. The van der Waals surface area contributed by atoms with E-state index in [4.69, 9.17) is 10.8 Å². The van der Waals surface area contributed by atoms with Gasteiger partial charge >= 0.3 is 5.97 Å². The molecule has 0 saturated heterocycles. The number of amides is 1. The van der Waals surface area contributed by atoms with Crippen LogP contribution in [0.1, 0.15) is 32.6 Å². The third-order valence-corrected chi connectivity index (χ3v) is 2.19. The number of rotatable bonds is 9. The van der Waals surface area contributed by atoms with Crippen molar-refractivity contribution in [1.29, 1.82) is 0 Å². The average molecular weight is 216 g/mol. The SMILES string of the molecule is CCN(CCCCCC(=O)O)CC(N)=O. The first kappa shape index (κ1) is 13.9. The van der Waals surface area contributed by atoms with Gasteiger partial charge < -0.3 is 10.8 Å². The maximum absolute atomic E-state index is 10.6. The van der Waals surface area contributed by atoms with Gasteiger partial charge in [0.1, 0.15) is 0 Å². The van der Waals surface area contributed by atoms with Crippen LogP contribution in [0, 0.1) is 0 Å². The van der Waals surface area contributed by atoms with Crippen molar-refractivity contribution in [2.75, 3.05) is 19.6 Å². The van der Waals surface area contributed by atoms with Crippen LogP contribution in [0.15, 0.2) is 0 Å². The number of nitrogens with zero attached hydrogens (tertiary/aromatic N) is 1. The summed E-state index contributed by atoms with van der Waals surface area (Å²) in [5, 5.41) is 8.42. The molecule has 15 heavy (non-hydrogen) atoms. The van der Waals surface area contributed by atoms with Gasteiger partial charge in [-0.3, -0.25) is 14.5 Å². The number of carboxylic acids is 1. The van der Waals surface area contributed by atoms with Crippen molar-refractivity contribution in [3.05, 3.63) is 0 Å². The fourth-order valence-electron chi connectivity index (χ4n) is 1.36. The number of carboxylic acid groups (broad SMARTS) is 1. The third kappa shape index (κ3) is 9.21. The number of carbonyl (C=O) groups is 2. The molecule has 0 aliphatic rings. The molecule has 0 unspecified atom stereocenters. The summed E-state index contributed by atoms with van der Waals surface area (Å²) in [6, 6.07) is 0. The smallest absolute Gasteiger partial charge is 0.303 e. The van der Waals surface area contributed by atoms with Crippen LogP contribution in [-0.4, -0.2) is 41.5 Å². The molecule has 0 radical (unpaired) electrons. The highest BCUT2D eigenvalue weighted by molar-refractivity contribution is 5.75. The number of carbonyl (C=O) groups excluding carboxylic acids is 1. The van der Waals surface area contributed by atoms with Crippen molar-refractivity contribution in [1.82, 2.24) is 4.90 Å². The Morgan fingerprint density at radius 3 is 2.40 bits per heavy atom. The molecule has 0 bridgehead atoms. The molecule has 0 fully saturated rings. The Morgan fingerprint density at radius 1 is 1.27 bits per heavy atom. The van der Waals surface area contributed by atoms with Gasteiger partial charge in [-0.05, 0) is 25.9 Å². The molecule has 0 saturated carbocycles. The number of primary amides is 1. The Labute approximate surface area is 90.2 Å². The molecule has 0 atom stereocenters. The minimum absolute atomic E-state index is 0.224. The predicted octanol–water partition coefficient (Wildman–Crippen LogP) is 0.439. The summed E-state index contributed by atoms with van der Waals surface area (Å²) in [5.74, 6) is -1.07. The Balaban J connectivity index is 3.46. The van der Waals surface area contributed by atoms with Crippen molar-refractivity contribution in [3.8, 4) is 0 Å². The Hall–Kier alpha value is -1.10. The molecule has 88 valence electrons. The number of aliphatic carboxylic acids is 1. The van der Waals surface area contributed by atoms with Gasteiger partial charge in [0.2, 0.25) is 5.91 Å². The van der Waals surface area contributed by atoms with Gasteiger partial charge in [0.25, 0.3) is 0 Å². The van der Waals surface area contributed by atoms with Crippen LogP contribution in [0.5, 0.6) is 0 Å². The molecule has 0 spiro atoms. The van der Waals surface area contributed by atoms with E-state index in [1.54, 1.807) is 0 Å². The molecule has 0 rings (SSSR count). The number of unbranched alkanes of at least 4 members (excludes halogenated alkanes) is 2. The topological polar surface area (TPSA) is 83.6 Å². The van der Waals surface area contributed by atoms with Gasteiger partial charge in [-0.25, -0.2) is 0 Å². The maximum Gasteiger partial charge on any atom is 0.303 e. The molecule has 0 heterocycles. The summed E-state index contributed by atoms with van der Waals surface area (Å²) in [5.41, 5.74) is 5.08. The molecule has 5 nitrogen and oxygen atoms in total. The highest BCUT2D eigenvalue weighted by Gasteiger charge is 2.05. The summed E-state index contributed by atoms with van der Waals surface area (Å²) in [4.78, 5) is 22.8. The van der Waals surface area contributed by atoms with Crippen LogP contribution in [0.2, 0.25) is 0 Å². The first-order valence-electron chi connectivity index (χ1n) is 5.28. The van der Waals surface area contributed by atoms with Gasteiger partial charge in [-0.1, -0.05) is 13.3 Å². The van der Waals surface area contributed by atoms with Crippen molar-refractivity contribution in [3.63, 3.8) is 0 Å².